The summed E-state index contributed by atoms with van der Waals surface area (Å²) in [5.74, 6) is 0.614. The Balaban J connectivity index is 1.49. The van der Waals surface area contributed by atoms with E-state index in [-0.39, 0.29) is 0 Å². The number of fused-ring (bicyclic) bond motifs is 1. The highest BCUT2D eigenvalue weighted by Crippen LogP contribution is 2.25. The third-order valence-electron chi connectivity index (χ3n) is 3.54. The summed E-state index contributed by atoms with van der Waals surface area (Å²) < 4.78 is 5.77. The normalized spacial score (nSPS) is 11.2. The van der Waals surface area contributed by atoms with Crippen LogP contribution >= 0.6 is 0 Å². The molecule has 116 valence electrons. The highest BCUT2D eigenvalue weighted by atomic mass is 16.3. The predicted octanol–water partition coefficient (Wildman–Crippen LogP) is 4.34. The van der Waals surface area contributed by atoms with Gasteiger partial charge in [-0.1, -0.05) is 12.1 Å². The van der Waals surface area contributed by atoms with E-state index >= 15 is 0 Å². The molecule has 0 unspecified atom stereocenters. The smallest absolute Gasteiger partial charge is 0.227 e. The first-order chi connectivity index (χ1) is 11.9. The number of para-hydroxylation sites is 2. The molecular formula is C19H14N4O. The molecule has 0 saturated heterocycles. The fraction of sp³-hybridized carbons (Fsp3) is 0. The lowest BCUT2D eigenvalue weighted by molar-refractivity contribution is 0.620. The molecule has 0 fully saturated rings. The third-order valence-corrected chi connectivity index (χ3v) is 3.54. The van der Waals surface area contributed by atoms with Gasteiger partial charge in [-0.3, -0.25) is 10.4 Å². The Kier molecular flexibility index (Phi) is 3.73. The van der Waals surface area contributed by atoms with Crippen molar-refractivity contribution in [1.82, 2.24) is 9.97 Å². The molecule has 2 heterocycles. The van der Waals surface area contributed by atoms with Gasteiger partial charge in [0.1, 0.15) is 5.52 Å². The molecular weight excluding hydrogens is 300 g/mol. The molecule has 0 aliphatic heterocycles. The van der Waals surface area contributed by atoms with Crippen LogP contribution in [-0.2, 0) is 0 Å². The van der Waals surface area contributed by atoms with Gasteiger partial charge >= 0.3 is 0 Å². The molecule has 0 radical (unpaired) electrons. The lowest BCUT2D eigenvalue weighted by atomic mass is 10.2. The maximum Gasteiger partial charge on any atom is 0.227 e. The zero-order valence-corrected chi connectivity index (χ0v) is 12.8. The van der Waals surface area contributed by atoms with Gasteiger partial charge in [0.2, 0.25) is 5.89 Å². The van der Waals surface area contributed by atoms with Gasteiger partial charge in [0.25, 0.3) is 0 Å². The number of hydrogen-bond acceptors (Lipinski definition) is 5. The van der Waals surface area contributed by atoms with Crippen molar-refractivity contribution < 1.29 is 4.42 Å². The van der Waals surface area contributed by atoms with Crippen LogP contribution < -0.4 is 5.43 Å². The number of benzene rings is 2. The molecule has 1 N–H and O–H groups in total. The second kappa shape index (κ2) is 6.34. The van der Waals surface area contributed by atoms with Gasteiger partial charge in [0, 0.05) is 18.0 Å². The number of nitrogens with one attached hydrogen (secondary N) is 1. The van der Waals surface area contributed by atoms with Gasteiger partial charge in [0.05, 0.1) is 11.9 Å². The molecule has 2 aromatic heterocycles. The zero-order valence-electron chi connectivity index (χ0n) is 12.8. The average molecular weight is 314 g/mol. The highest BCUT2D eigenvalue weighted by Gasteiger charge is 2.07. The van der Waals surface area contributed by atoms with Gasteiger partial charge in [-0.25, -0.2) is 4.98 Å². The molecule has 0 aliphatic rings. The standard InChI is InChI=1S/C19H14N4O/c1-2-4-18-17(3-1)22-19(24-18)15-5-7-16(8-6-15)23-21-13-14-9-11-20-12-10-14/h1-13,23H. The van der Waals surface area contributed by atoms with Crippen molar-refractivity contribution in [3.05, 3.63) is 78.6 Å². The van der Waals surface area contributed by atoms with Crippen molar-refractivity contribution in [3.8, 4) is 11.5 Å². The van der Waals surface area contributed by atoms with Crippen LogP contribution in [0.15, 0.2) is 82.6 Å². The van der Waals surface area contributed by atoms with Gasteiger partial charge in [-0.05, 0) is 54.1 Å². The number of pyridine rings is 1. The topological polar surface area (TPSA) is 63.3 Å². The van der Waals surface area contributed by atoms with Gasteiger partial charge in [-0.2, -0.15) is 5.10 Å². The maximum atomic E-state index is 5.77. The molecule has 2 aromatic carbocycles. The van der Waals surface area contributed by atoms with Crippen molar-refractivity contribution in [2.75, 3.05) is 5.43 Å². The van der Waals surface area contributed by atoms with E-state index in [9.17, 15) is 0 Å². The Morgan fingerprint density at radius 3 is 2.50 bits per heavy atom. The van der Waals surface area contributed by atoms with Gasteiger partial charge in [-0.15, -0.1) is 0 Å². The lowest BCUT2D eigenvalue weighted by Crippen LogP contribution is -1.90. The van der Waals surface area contributed by atoms with Crippen LogP contribution in [0.1, 0.15) is 5.56 Å². The molecule has 0 aliphatic carbocycles. The number of rotatable bonds is 4. The Bertz CT molecular complexity index is 942. The first-order valence-corrected chi connectivity index (χ1v) is 7.54. The summed E-state index contributed by atoms with van der Waals surface area (Å²) in [6.45, 7) is 0. The first-order valence-electron chi connectivity index (χ1n) is 7.54. The quantitative estimate of drug-likeness (QED) is 0.449. The molecule has 0 amide bonds. The lowest BCUT2D eigenvalue weighted by Gasteiger charge is -2.01. The molecule has 24 heavy (non-hydrogen) atoms. The van der Waals surface area contributed by atoms with Crippen LogP contribution in [0.5, 0.6) is 0 Å². The molecule has 0 bridgehead atoms. The van der Waals surface area contributed by atoms with Crippen LogP contribution in [0.3, 0.4) is 0 Å². The van der Waals surface area contributed by atoms with E-state index in [1.54, 1.807) is 18.6 Å². The Labute approximate surface area is 138 Å². The summed E-state index contributed by atoms with van der Waals surface area (Å²) in [6.07, 6.45) is 5.21. The second-order valence-electron chi connectivity index (χ2n) is 5.21. The SMILES string of the molecule is C(=NNc1ccc(-c2nc3ccccc3o2)cc1)c1ccncc1. The summed E-state index contributed by atoms with van der Waals surface area (Å²) in [7, 11) is 0. The number of oxazole rings is 1. The monoisotopic (exact) mass is 314 g/mol. The number of hydrogen-bond donors (Lipinski definition) is 1. The summed E-state index contributed by atoms with van der Waals surface area (Å²) in [5, 5.41) is 4.21. The molecule has 4 aromatic rings. The second-order valence-corrected chi connectivity index (χ2v) is 5.21. The highest BCUT2D eigenvalue weighted by molar-refractivity contribution is 5.80. The van der Waals surface area contributed by atoms with Crippen molar-refractivity contribution in [1.29, 1.82) is 0 Å². The summed E-state index contributed by atoms with van der Waals surface area (Å²) in [5.41, 5.74) is 7.44. The molecule has 5 nitrogen and oxygen atoms in total. The Hall–Kier alpha value is -3.47. The van der Waals surface area contributed by atoms with Crippen LogP contribution in [0.25, 0.3) is 22.6 Å². The van der Waals surface area contributed by atoms with Crippen molar-refractivity contribution in [3.63, 3.8) is 0 Å². The van der Waals surface area contributed by atoms with E-state index in [0.717, 1.165) is 27.9 Å². The Morgan fingerprint density at radius 2 is 1.71 bits per heavy atom. The fourth-order valence-electron chi connectivity index (χ4n) is 2.31. The van der Waals surface area contributed by atoms with E-state index < -0.39 is 0 Å². The van der Waals surface area contributed by atoms with Crippen molar-refractivity contribution >= 4 is 23.0 Å². The minimum Gasteiger partial charge on any atom is -0.436 e. The predicted molar refractivity (Wildman–Crippen MR) is 94.9 cm³/mol. The van der Waals surface area contributed by atoms with Crippen LogP contribution in [-0.4, -0.2) is 16.2 Å². The van der Waals surface area contributed by atoms with Crippen LogP contribution in [0, 0.1) is 0 Å². The maximum absolute atomic E-state index is 5.77. The van der Waals surface area contributed by atoms with Crippen molar-refractivity contribution in [2.24, 2.45) is 5.10 Å². The fourth-order valence-corrected chi connectivity index (χ4v) is 2.31. The van der Waals surface area contributed by atoms with Crippen LogP contribution in [0.4, 0.5) is 5.69 Å². The summed E-state index contributed by atoms with van der Waals surface area (Å²) >= 11 is 0. The van der Waals surface area contributed by atoms with E-state index in [4.69, 9.17) is 4.42 Å². The molecule has 0 spiro atoms. The van der Waals surface area contributed by atoms with Gasteiger partial charge in [0.15, 0.2) is 5.58 Å². The number of anilines is 1. The minimum absolute atomic E-state index is 0.614. The van der Waals surface area contributed by atoms with E-state index in [1.165, 1.54) is 0 Å². The van der Waals surface area contributed by atoms with E-state index in [2.05, 4.69) is 20.5 Å². The molecule has 5 heteroatoms. The Morgan fingerprint density at radius 1 is 0.917 bits per heavy atom. The first kappa shape index (κ1) is 14.1. The van der Waals surface area contributed by atoms with Crippen LogP contribution in [0.2, 0.25) is 0 Å². The summed E-state index contributed by atoms with van der Waals surface area (Å²) in [6, 6.07) is 19.3. The summed E-state index contributed by atoms with van der Waals surface area (Å²) in [4.78, 5) is 8.46. The van der Waals surface area contributed by atoms with Gasteiger partial charge < -0.3 is 4.42 Å². The number of hydrazone groups is 1. The number of nitrogens with zero attached hydrogens (tertiary/aromatic N) is 3. The molecule has 0 atom stereocenters. The average Bonchev–Trinajstić information content (AvgIpc) is 3.07. The third kappa shape index (κ3) is 3.01. The largest absolute Gasteiger partial charge is 0.436 e. The van der Waals surface area contributed by atoms with E-state index in [0.29, 0.717) is 5.89 Å². The minimum atomic E-state index is 0.614. The zero-order chi connectivity index (χ0) is 16.2. The number of aromatic nitrogens is 2. The molecule has 4 rings (SSSR count). The van der Waals surface area contributed by atoms with Crippen molar-refractivity contribution in [2.45, 2.75) is 0 Å². The van der Waals surface area contributed by atoms with E-state index in [1.807, 2.05) is 60.7 Å². The molecule has 0 saturated carbocycles.